The van der Waals surface area contributed by atoms with Crippen LogP contribution in [0.2, 0.25) is 0 Å². The van der Waals surface area contributed by atoms with Crippen molar-refractivity contribution in [2.24, 2.45) is 0 Å². The van der Waals surface area contributed by atoms with Gasteiger partial charge in [0, 0.05) is 37.8 Å². The maximum atomic E-state index is 12.7. The van der Waals surface area contributed by atoms with Gasteiger partial charge in [-0.25, -0.2) is 4.98 Å². The number of piperazine rings is 1. The van der Waals surface area contributed by atoms with Gasteiger partial charge in [0.15, 0.2) is 17.3 Å². The molecule has 0 spiro atoms. The number of aromatic nitrogens is 1. The number of furan rings is 1. The predicted octanol–water partition coefficient (Wildman–Crippen LogP) is 2.67. The first-order valence-corrected chi connectivity index (χ1v) is 11.8. The van der Waals surface area contributed by atoms with Crippen molar-refractivity contribution in [3.05, 3.63) is 60.1 Å². The number of likely N-dealkylation sites (N-methyl/N-ethyl adjacent to an activating group) is 1. The van der Waals surface area contributed by atoms with Crippen LogP contribution < -0.4 is 19.5 Å². The highest BCUT2D eigenvalue weighted by Gasteiger charge is 2.26. The fourth-order valence-corrected chi connectivity index (χ4v) is 4.22. The summed E-state index contributed by atoms with van der Waals surface area (Å²) in [5, 5.41) is 2.91. The molecule has 2 aromatic heterocycles. The Bertz CT molecular complexity index is 1170. The average Bonchev–Trinajstić information content (AvgIpc) is 3.37. The van der Waals surface area contributed by atoms with E-state index in [1.165, 1.54) is 0 Å². The van der Waals surface area contributed by atoms with E-state index in [9.17, 15) is 4.79 Å². The highest BCUT2D eigenvalue weighted by molar-refractivity contribution is 5.91. The number of hydrogen-bond donors (Lipinski definition) is 1. The van der Waals surface area contributed by atoms with Crippen molar-refractivity contribution in [1.82, 2.24) is 20.1 Å². The van der Waals surface area contributed by atoms with Gasteiger partial charge in [0.05, 0.1) is 25.9 Å². The minimum Gasteiger partial charge on any atom is -0.486 e. The molecule has 1 saturated heterocycles. The SMILES string of the molecule is COc1cccc(-c2cccc3c2O[C@H](CNC(=O)c2ccc(CN4CCN(C)CC4)o2)CO3)n1. The van der Waals surface area contributed by atoms with E-state index in [0.29, 0.717) is 36.3 Å². The van der Waals surface area contributed by atoms with Crippen molar-refractivity contribution in [1.29, 1.82) is 0 Å². The number of carbonyl (C=O) groups is 1. The highest BCUT2D eigenvalue weighted by atomic mass is 16.6. The molecular formula is C26H30N4O5. The second kappa shape index (κ2) is 10.4. The summed E-state index contributed by atoms with van der Waals surface area (Å²) >= 11 is 0. The topological polar surface area (TPSA) is 89.3 Å². The van der Waals surface area contributed by atoms with E-state index < -0.39 is 0 Å². The number of nitrogens with one attached hydrogen (secondary N) is 1. The van der Waals surface area contributed by atoms with Crippen LogP contribution in [0.5, 0.6) is 17.4 Å². The van der Waals surface area contributed by atoms with Crippen LogP contribution in [-0.2, 0) is 6.54 Å². The number of rotatable bonds is 7. The first-order valence-electron chi connectivity index (χ1n) is 11.8. The van der Waals surface area contributed by atoms with Gasteiger partial charge in [0.25, 0.3) is 5.91 Å². The predicted molar refractivity (Wildman–Crippen MR) is 130 cm³/mol. The fourth-order valence-electron chi connectivity index (χ4n) is 4.22. The molecule has 9 heteroatoms. The Labute approximate surface area is 204 Å². The molecule has 0 aliphatic carbocycles. The number of pyridine rings is 1. The first-order chi connectivity index (χ1) is 17.1. The summed E-state index contributed by atoms with van der Waals surface area (Å²) < 4.78 is 23.2. The van der Waals surface area contributed by atoms with Crippen LogP contribution in [-0.4, -0.2) is 80.3 Å². The number of ether oxygens (including phenoxy) is 3. The molecule has 9 nitrogen and oxygen atoms in total. The standard InChI is InChI=1S/C26H30N4O5/c1-29-11-13-30(14-12-29)16-18-9-10-23(34-18)26(31)27-15-19-17-33-22-7-3-5-20(25(22)35-19)21-6-4-8-24(28-21)32-2/h3-10,19H,11-17H2,1-2H3,(H,27,31)/t19-/m1/s1. The summed E-state index contributed by atoms with van der Waals surface area (Å²) in [6.07, 6.45) is -0.349. The number of carbonyl (C=O) groups excluding carboxylic acids is 1. The van der Waals surface area contributed by atoms with Crippen LogP contribution in [0.3, 0.4) is 0 Å². The third-order valence-corrected chi connectivity index (χ3v) is 6.25. The Morgan fingerprint density at radius 3 is 2.77 bits per heavy atom. The van der Waals surface area contributed by atoms with Crippen LogP contribution in [0.15, 0.2) is 52.9 Å². The van der Waals surface area contributed by atoms with Crippen molar-refractivity contribution in [2.45, 2.75) is 12.6 Å². The maximum Gasteiger partial charge on any atom is 0.287 e. The van der Waals surface area contributed by atoms with Gasteiger partial charge in [-0.3, -0.25) is 9.69 Å². The molecule has 1 N–H and O–H groups in total. The molecule has 1 aromatic carbocycles. The third-order valence-electron chi connectivity index (χ3n) is 6.25. The van der Waals surface area contributed by atoms with Crippen LogP contribution >= 0.6 is 0 Å². The van der Waals surface area contributed by atoms with E-state index in [1.807, 2.05) is 36.4 Å². The number of para-hydroxylation sites is 1. The van der Waals surface area contributed by atoms with Crippen LogP contribution in [0.1, 0.15) is 16.3 Å². The molecule has 2 aliphatic rings. The molecule has 0 saturated carbocycles. The summed E-state index contributed by atoms with van der Waals surface area (Å²) in [5.74, 6) is 2.59. The summed E-state index contributed by atoms with van der Waals surface area (Å²) in [6, 6.07) is 14.8. The number of nitrogens with zero attached hydrogens (tertiary/aromatic N) is 3. The van der Waals surface area contributed by atoms with Crippen LogP contribution in [0.4, 0.5) is 0 Å². The van der Waals surface area contributed by atoms with E-state index in [0.717, 1.165) is 43.2 Å². The lowest BCUT2D eigenvalue weighted by Crippen LogP contribution is -2.43. The van der Waals surface area contributed by atoms with Gasteiger partial charge in [-0.1, -0.05) is 12.1 Å². The smallest absolute Gasteiger partial charge is 0.287 e. The van der Waals surface area contributed by atoms with E-state index in [1.54, 1.807) is 19.2 Å². The molecule has 1 atom stereocenters. The number of benzene rings is 1. The van der Waals surface area contributed by atoms with E-state index in [4.69, 9.17) is 18.6 Å². The van der Waals surface area contributed by atoms with Crippen molar-refractivity contribution in [2.75, 3.05) is 53.5 Å². The zero-order valence-corrected chi connectivity index (χ0v) is 20.0. The molecule has 35 heavy (non-hydrogen) atoms. The fraction of sp³-hybridized carbons (Fsp3) is 0.385. The lowest BCUT2D eigenvalue weighted by Gasteiger charge is -2.31. The monoisotopic (exact) mass is 478 g/mol. The molecule has 3 aromatic rings. The molecular weight excluding hydrogens is 448 g/mol. The number of fused-ring (bicyclic) bond motifs is 1. The summed E-state index contributed by atoms with van der Waals surface area (Å²) in [5.41, 5.74) is 1.52. The Kier molecular flexibility index (Phi) is 6.87. The highest BCUT2D eigenvalue weighted by Crippen LogP contribution is 2.40. The van der Waals surface area contributed by atoms with Crippen molar-refractivity contribution in [3.63, 3.8) is 0 Å². The van der Waals surface area contributed by atoms with E-state index >= 15 is 0 Å². The van der Waals surface area contributed by atoms with Gasteiger partial charge in [0.2, 0.25) is 5.88 Å². The lowest BCUT2D eigenvalue weighted by atomic mass is 10.1. The molecule has 1 fully saturated rings. The Hall–Kier alpha value is -3.56. The Balaban J connectivity index is 1.19. The number of hydrogen-bond acceptors (Lipinski definition) is 8. The second-order valence-corrected chi connectivity index (χ2v) is 8.80. The summed E-state index contributed by atoms with van der Waals surface area (Å²) in [6.45, 7) is 5.38. The lowest BCUT2D eigenvalue weighted by molar-refractivity contribution is 0.0773. The largest absolute Gasteiger partial charge is 0.486 e. The minimum atomic E-state index is -0.349. The van der Waals surface area contributed by atoms with Crippen molar-refractivity contribution in [3.8, 4) is 28.6 Å². The molecule has 184 valence electrons. The average molecular weight is 479 g/mol. The van der Waals surface area contributed by atoms with Gasteiger partial charge in [-0.05, 0) is 37.4 Å². The van der Waals surface area contributed by atoms with E-state index in [-0.39, 0.29) is 18.6 Å². The maximum absolute atomic E-state index is 12.7. The molecule has 5 rings (SSSR count). The quantitative estimate of drug-likeness (QED) is 0.555. The zero-order chi connectivity index (χ0) is 24.2. The van der Waals surface area contributed by atoms with Gasteiger partial charge in [-0.2, -0.15) is 0 Å². The normalized spacial score (nSPS) is 18.3. The molecule has 2 aliphatic heterocycles. The molecule has 0 radical (unpaired) electrons. The van der Waals surface area contributed by atoms with Crippen LogP contribution in [0, 0.1) is 0 Å². The van der Waals surface area contributed by atoms with Crippen molar-refractivity contribution < 1.29 is 23.4 Å². The van der Waals surface area contributed by atoms with E-state index in [2.05, 4.69) is 27.1 Å². The molecule has 1 amide bonds. The first kappa shape index (κ1) is 23.2. The number of amides is 1. The Morgan fingerprint density at radius 2 is 1.94 bits per heavy atom. The Morgan fingerprint density at radius 1 is 1.11 bits per heavy atom. The second-order valence-electron chi connectivity index (χ2n) is 8.80. The summed E-state index contributed by atoms with van der Waals surface area (Å²) in [4.78, 5) is 21.8. The zero-order valence-electron chi connectivity index (χ0n) is 20.0. The van der Waals surface area contributed by atoms with Crippen molar-refractivity contribution >= 4 is 5.91 Å². The molecule has 0 unspecified atom stereocenters. The van der Waals surface area contributed by atoms with Crippen LogP contribution in [0.25, 0.3) is 11.3 Å². The van der Waals surface area contributed by atoms with Gasteiger partial charge >= 0.3 is 0 Å². The van der Waals surface area contributed by atoms with Gasteiger partial charge in [0.1, 0.15) is 18.5 Å². The van der Waals surface area contributed by atoms with Gasteiger partial charge in [-0.15, -0.1) is 0 Å². The molecule has 4 heterocycles. The summed E-state index contributed by atoms with van der Waals surface area (Å²) in [7, 11) is 3.71. The van der Waals surface area contributed by atoms with Gasteiger partial charge < -0.3 is 28.8 Å². The molecule has 0 bridgehead atoms. The minimum absolute atomic E-state index is 0.272. The third kappa shape index (κ3) is 5.41. The number of methoxy groups -OCH3 is 1.